The highest BCUT2D eigenvalue weighted by Gasteiger charge is 2.30. The summed E-state index contributed by atoms with van der Waals surface area (Å²) in [5, 5.41) is 6.40. The molecule has 0 spiro atoms. The first-order chi connectivity index (χ1) is 19.5. The van der Waals surface area contributed by atoms with Crippen molar-refractivity contribution in [1.82, 2.24) is 19.8 Å². The van der Waals surface area contributed by atoms with Crippen LogP contribution < -0.4 is 15.4 Å². The number of carbonyl (C=O) groups is 2. The summed E-state index contributed by atoms with van der Waals surface area (Å²) in [6.07, 6.45) is 8.72. The van der Waals surface area contributed by atoms with E-state index in [0.29, 0.717) is 44.3 Å². The van der Waals surface area contributed by atoms with Gasteiger partial charge in [0.25, 0.3) is 0 Å². The number of aromatic nitrogens is 2. The lowest BCUT2D eigenvalue weighted by molar-refractivity contribution is -0.125. The average molecular weight is 539 g/mol. The van der Waals surface area contributed by atoms with Crippen molar-refractivity contribution in [3.8, 4) is 17.0 Å². The van der Waals surface area contributed by atoms with E-state index >= 15 is 0 Å². The Morgan fingerprint density at radius 1 is 1.18 bits per heavy atom. The van der Waals surface area contributed by atoms with Crippen LogP contribution in [0.5, 0.6) is 5.75 Å². The van der Waals surface area contributed by atoms with Crippen molar-refractivity contribution in [3.63, 3.8) is 0 Å². The smallest absolute Gasteiger partial charge is 0.245 e. The van der Waals surface area contributed by atoms with Crippen molar-refractivity contribution in [3.05, 3.63) is 85.1 Å². The fraction of sp³-hybridized carbons (Fsp3) is 0.290. The highest BCUT2D eigenvalue weighted by Crippen LogP contribution is 2.27. The van der Waals surface area contributed by atoms with E-state index in [1.165, 1.54) is 6.08 Å². The maximum atomic E-state index is 13.1. The summed E-state index contributed by atoms with van der Waals surface area (Å²) in [5.74, 6) is 0.728. The van der Waals surface area contributed by atoms with E-state index < -0.39 is 0 Å². The summed E-state index contributed by atoms with van der Waals surface area (Å²) in [6, 6.07) is 15.7. The number of likely N-dealkylation sites (tertiary alicyclic amines) is 1. The van der Waals surface area contributed by atoms with Gasteiger partial charge >= 0.3 is 0 Å². The number of anilines is 3. The number of amides is 2. The minimum absolute atomic E-state index is 0.103. The quantitative estimate of drug-likeness (QED) is 0.371. The van der Waals surface area contributed by atoms with Gasteiger partial charge in [0.1, 0.15) is 5.75 Å². The van der Waals surface area contributed by atoms with Crippen LogP contribution in [-0.2, 0) is 16.1 Å². The highest BCUT2D eigenvalue weighted by molar-refractivity contribution is 5.95. The number of rotatable bonds is 3. The molecule has 2 N–H and O–H groups in total. The van der Waals surface area contributed by atoms with Crippen LogP contribution in [0.3, 0.4) is 0 Å². The average Bonchev–Trinajstić information content (AvgIpc) is 3.45. The van der Waals surface area contributed by atoms with Crippen LogP contribution in [0.2, 0.25) is 0 Å². The number of carbonyl (C=O) groups excluding carboxylic acids is 2. The van der Waals surface area contributed by atoms with Gasteiger partial charge in [-0.3, -0.25) is 14.5 Å². The van der Waals surface area contributed by atoms with Crippen LogP contribution >= 0.6 is 0 Å². The molecule has 1 saturated heterocycles. The van der Waals surface area contributed by atoms with Gasteiger partial charge in [-0.1, -0.05) is 30.9 Å². The number of hydrogen-bond donors (Lipinski definition) is 2. The monoisotopic (exact) mass is 538 g/mol. The zero-order valence-corrected chi connectivity index (χ0v) is 22.7. The first kappa shape index (κ1) is 27.1. The summed E-state index contributed by atoms with van der Waals surface area (Å²) in [6.45, 7) is 6.53. The zero-order chi connectivity index (χ0) is 27.9. The van der Waals surface area contributed by atoms with Gasteiger partial charge in [-0.25, -0.2) is 9.97 Å². The molecule has 9 heteroatoms. The summed E-state index contributed by atoms with van der Waals surface area (Å²) in [5.41, 5.74) is 4.18. The Kier molecular flexibility index (Phi) is 8.51. The fourth-order valence-electron chi connectivity index (χ4n) is 4.92. The molecule has 1 unspecified atom stereocenters. The lowest BCUT2D eigenvalue weighted by Crippen LogP contribution is -2.30. The second-order valence-corrected chi connectivity index (χ2v) is 10.1. The summed E-state index contributed by atoms with van der Waals surface area (Å²) < 4.78 is 5.95. The highest BCUT2D eigenvalue weighted by atomic mass is 16.5. The molecule has 0 aliphatic carbocycles. The van der Waals surface area contributed by atoms with E-state index in [1.807, 2.05) is 48.5 Å². The van der Waals surface area contributed by atoms with E-state index in [-0.39, 0.29) is 17.7 Å². The van der Waals surface area contributed by atoms with Crippen molar-refractivity contribution in [2.24, 2.45) is 5.92 Å². The second kappa shape index (κ2) is 12.6. The Bertz CT molecular complexity index is 1420. The van der Waals surface area contributed by atoms with Crippen molar-refractivity contribution in [2.45, 2.75) is 19.4 Å². The van der Waals surface area contributed by atoms with Crippen molar-refractivity contribution >= 4 is 29.1 Å². The Balaban J connectivity index is 1.42. The van der Waals surface area contributed by atoms with Crippen molar-refractivity contribution in [2.75, 3.05) is 43.9 Å². The number of fused-ring (bicyclic) bond motifs is 7. The lowest BCUT2D eigenvalue weighted by atomic mass is 10.1. The Hall–Kier alpha value is -4.50. The van der Waals surface area contributed by atoms with Gasteiger partial charge in [-0.2, -0.15) is 0 Å². The summed E-state index contributed by atoms with van der Waals surface area (Å²) >= 11 is 0. The van der Waals surface area contributed by atoms with E-state index in [0.717, 1.165) is 41.2 Å². The molecule has 2 aliphatic rings. The summed E-state index contributed by atoms with van der Waals surface area (Å²) in [7, 11) is 2.05. The number of benzene rings is 2. The normalized spacial score (nSPS) is 18.4. The molecule has 206 valence electrons. The van der Waals surface area contributed by atoms with Gasteiger partial charge in [0, 0.05) is 49.3 Å². The van der Waals surface area contributed by atoms with E-state index in [9.17, 15) is 9.59 Å². The summed E-state index contributed by atoms with van der Waals surface area (Å²) in [4.78, 5) is 38.1. The van der Waals surface area contributed by atoms with Gasteiger partial charge in [0.2, 0.25) is 17.8 Å². The lowest BCUT2D eigenvalue weighted by Gasteiger charge is -2.18. The Morgan fingerprint density at radius 3 is 2.95 bits per heavy atom. The molecule has 5 rings (SSSR count). The Labute approximate surface area is 234 Å². The minimum Gasteiger partial charge on any atom is -0.493 e. The third kappa shape index (κ3) is 6.92. The molecule has 3 aromatic rings. The molecule has 9 nitrogen and oxygen atoms in total. The first-order valence-electron chi connectivity index (χ1n) is 13.5. The number of nitrogens with zero attached hydrogens (tertiary/aromatic N) is 4. The number of likely N-dealkylation sites (N-methyl/N-ethyl adjacent to an activating group) is 1. The van der Waals surface area contributed by atoms with Crippen LogP contribution in [0.15, 0.2) is 79.5 Å². The molecule has 0 saturated carbocycles. The van der Waals surface area contributed by atoms with Crippen molar-refractivity contribution in [1.29, 1.82) is 0 Å². The fourth-order valence-corrected chi connectivity index (χ4v) is 4.92. The molecule has 1 atom stereocenters. The molecule has 2 aliphatic heterocycles. The molecule has 2 amide bonds. The molecule has 3 heterocycles. The predicted molar refractivity (Wildman–Crippen MR) is 156 cm³/mol. The molecule has 6 bridgehead atoms. The van der Waals surface area contributed by atoms with E-state index in [1.54, 1.807) is 11.1 Å². The van der Waals surface area contributed by atoms with Crippen molar-refractivity contribution < 1.29 is 14.3 Å². The minimum atomic E-state index is -0.268. The maximum absolute atomic E-state index is 13.1. The number of ether oxygens (including phenoxy) is 1. The first-order valence-corrected chi connectivity index (χ1v) is 13.5. The molecule has 2 aromatic carbocycles. The van der Waals surface area contributed by atoms with Gasteiger partial charge in [0.15, 0.2) is 0 Å². The van der Waals surface area contributed by atoms with Gasteiger partial charge < -0.3 is 20.3 Å². The number of nitrogens with one attached hydrogen (secondary N) is 2. The topological polar surface area (TPSA) is 99.7 Å². The van der Waals surface area contributed by atoms with Crippen LogP contribution in [0.25, 0.3) is 11.3 Å². The van der Waals surface area contributed by atoms with Crippen LogP contribution in [-0.4, -0.2) is 64.9 Å². The molecular formula is C31H34N6O3. The maximum Gasteiger partial charge on any atom is 0.245 e. The largest absolute Gasteiger partial charge is 0.493 e. The van der Waals surface area contributed by atoms with Crippen LogP contribution in [0.4, 0.5) is 17.3 Å². The molecule has 1 aromatic heterocycles. The van der Waals surface area contributed by atoms with Gasteiger partial charge in [0.05, 0.1) is 18.2 Å². The van der Waals surface area contributed by atoms with Crippen LogP contribution in [0.1, 0.15) is 18.4 Å². The van der Waals surface area contributed by atoms with E-state index in [2.05, 4.69) is 46.3 Å². The second-order valence-electron chi connectivity index (χ2n) is 10.1. The molecule has 0 radical (unpaired) electrons. The third-order valence-electron chi connectivity index (χ3n) is 6.94. The SMILES string of the molecule is C=CC(=O)N1CCC(C(=O)Nc2cc3cc(c2)Nc2nccc(n2)-c2cccc(c2)OCC/C=C/CN(C)C3)C1. The van der Waals surface area contributed by atoms with Crippen LogP contribution in [0, 0.1) is 5.92 Å². The molecular weight excluding hydrogens is 504 g/mol. The standard InChI is InChI=1S/C31H34N6O3/c1-3-29(38)37-14-11-24(21-37)30(39)33-25-16-22-17-26(19-25)34-31-32-12-10-28(35-31)23-8-7-9-27(18-23)40-15-6-4-5-13-36(2)20-22/h3-5,7-10,12,16-19,24H,1,6,11,13-15,20-21H2,2H3,(H,33,39)(H,32,34,35)/b5-4+. The van der Waals surface area contributed by atoms with Gasteiger partial charge in [-0.15, -0.1) is 0 Å². The van der Waals surface area contributed by atoms with Gasteiger partial charge in [-0.05, 0) is 67.9 Å². The number of hydrogen-bond acceptors (Lipinski definition) is 7. The predicted octanol–water partition coefficient (Wildman–Crippen LogP) is 4.63. The molecule has 40 heavy (non-hydrogen) atoms. The zero-order valence-electron chi connectivity index (χ0n) is 22.7. The Morgan fingerprint density at radius 2 is 2.08 bits per heavy atom. The third-order valence-corrected chi connectivity index (χ3v) is 6.94. The van der Waals surface area contributed by atoms with E-state index in [4.69, 9.17) is 9.72 Å². The molecule has 1 fully saturated rings.